The number of hydrogen-bond donors (Lipinski definition) is 0. The predicted molar refractivity (Wildman–Crippen MR) is 85.8 cm³/mol. The number of rotatable bonds is 1. The molecule has 118 valence electrons. The van der Waals surface area contributed by atoms with E-state index in [0.29, 0.717) is 12.3 Å². The third kappa shape index (κ3) is 1.94. The van der Waals surface area contributed by atoms with Crippen molar-refractivity contribution >= 4 is 11.6 Å². The molecular weight excluding hydrogens is 277 g/mol. The van der Waals surface area contributed by atoms with Gasteiger partial charge in [-0.15, -0.1) is 0 Å². The second-order valence-electron chi connectivity index (χ2n) is 7.45. The molecule has 1 saturated heterocycles. The third-order valence-corrected chi connectivity index (χ3v) is 6.07. The Kier molecular flexibility index (Phi) is 3.28. The summed E-state index contributed by atoms with van der Waals surface area (Å²) in [5, 5.41) is 0. The summed E-state index contributed by atoms with van der Waals surface area (Å²) >= 11 is 0. The van der Waals surface area contributed by atoms with E-state index in [-0.39, 0.29) is 17.1 Å². The van der Waals surface area contributed by atoms with Gasteiger partial charge in [0.25, 0.3) is 0 Å². The van der Waals surface area contributed by atoms with Crippen molar-refractivity contribution in [2.45, 2.75) is 69.6 Å². The van der Waals surface area contributed by atoms with E-state index in [0.717, 1.165) is 49.0 Å². The van der Waals surface area contributed by atoms with Crippen molar-refractivity contribution in [3.8, 4) is 0 Å². The van der Waals surface area contributed by atoms with Gasteiger partial charge >= 0.3 is 0 Å². The summed E-state index contributed by atoms with van der Waals surface area (Å²) in [6.07, 6.45) is 8.51. The van der Waals surface area contributed by atoms with Gasteiger partial charge in [0.15, 0.2) is 0 Å². The maximum absolute atomic E-state index is 14.8. The van der Waals surface area contributed by atoms with E-state index in [1.807, 2.05) is 11.0 Å². The molecular formula is C19H24FNO. The smallest absolute Gasteiger partial charge is 0.227 e. The molecule has 0 N–H and O–H groups in total. The van der Waals surface area contributed by atoms with Crippen LogP contribution in [-0.4, -0.2) is 12.5 Å². The van der Waals surface area contributed by atoms with Crippen molar-refractivity contribution in [3.05, 3.63) is 29.1 Å². The minimum absolute atomic E-state index is 0.0376. The first-order valence-electron chi connectivity index (χ1n) is 8.76. The van der Waals surface area contributed by atoms with Gasteiger partial charge in [-0.1, -0.05) is 26.2 Å². The number of hydrogen-bond acceptors (Lipinski definition) is 1. The van der Waals surface area contributed by atoms with E-state index in [1.165, 1.54) is 19.3 Å². The minimum atomic E-state index is -0.0448. The van der Waals surface area contributed by atoms with Gasteiger partial charge in [-0.25, -0.2) is 4.39 Å². The van der Waals surface area contributed by atoms with Crippen LogP contribution in [0.25, 0.3) is 0 Å². The molecule has 1 amide bonds. The third-order valence-electron chi connectivity index (χ3n) is 6.07. The fourth-order valence-corrected chi connectivity index (χ4v) is 5.23. The number of benzene rings is 1. The molecule has 1 saturated carbocycles. The zero-order valence-corrected chi connectivity index (χ0v) is 13.3. The summed E-state index contributed by atoms with van der Waals surface area (Å²) in [4.78, 5) is 14.1. The number of nitrogens with zero attached hydrogens (tertiary/aromatic N) is 1. The van der Waals surface area contributed by atoms with Crippen LogP contribution in [0, 0.1) is 5.82 Å². The molecule has 4 rings (SSSR count). The first-order valence-corrected chi connectivity index (χ1v) is 8.76. The Bertz CT molecular complexity index is 618. The Morgan fingerprint density at radius 2 is 1.95 bits per heavy atom. The number of fused-ring (bicyclic) bond motifs is 2. The first-order chi connectivity index (χ1) is 10.6. The molecule has 1 aromatic rings. The van der Waals surface area contributed by atoms with Gasteiger partial charge < -0.3 is 4.90 Å². The zero-order valence-electron chi connectivity index (χ0n) is 13.3. The SMILES string of the molecule is CC1CC2(CCCCC2)c2c(F)ccc(N3CCCC3=O)c21. The molecule has 22 heavy (non-hydrogen) atoms. The van der Waals surface area contributed by atoms with Crippen LogP contribution < -0.4 is 4.90 Å². The van der Waals surface area contributed by atoms with E-state index in [2.05, 4.69) is 6.92 Å². The van der Waals surface area contributed by atoms with Gasteiger partial charge in [0.2, 0.25) is 5.91 Å². The standard InChI is InChI=1S/C19H24FNO/c1-13-12-19(9-3-2-4-10-19)18-14(20)7-8-15(17(13)18)21-11-5-6-16(21)22/h7-8,13H,2-6,9-12H2,1H3. The molecule has 1 atom stereocenters. The molecule has 2 aliphatic carbocycles. The second-order valence-corrected chi connectivity index (χ2v) is 7.45. The highest BCUT2D eigenvalue weighted by Gasteiger charge is 2.46. The topological polar surface area (TPSA) is 20.3 Å². The van der Waals surface area contributed by atoms with E-state index in [9.17, 15) is 9.18 Å². The van der Waals surface area contributed by atoms with Gasteiger partial charge in [0.05, 0.1) is 0 Å². The quantitative estimate of drug-likeness (QED) is 0.738. The van der Waals surface area contributed by atoms with Gasteiger partial charge in [-0.3, -0.25) is 4.79 Å². The molecule has 3 aliphatic rings. The summed E-state index contributed by atoms with van der Waals surface area (Å²) in [5.41, 5.74) is 3.12. The number of halogens is 1. The van der Waals surface area contributed by atoms with E-state index < -0.39 is 0 Å². The zero-order chi connectivity index (χ0) is 15.3. The summed E-state index contributed by atoms with van der Waals surface area (Å²) in [6.45, 7) is 3.00. The molecule has 1 heterocycles. The molecule has 0 aromatic heterocycles. The minimum Gasteiger partial charge on any atom is -0.312 e. The first kappa shape index (κ1) is 14.2. The largest absolute Gasteiger partial charge is 0.312 e. The number of amides is 1. The lowest BCUT2D eigenvalue weighted by Gasteiger charge is -2.35. The normalized spacial score (nSPS) is 26.7. The molecule has 1 aromatic carbocycles. The van der Waals surface area contributed by atoms with Crippen LogP contribution in [0.1, 0.15) is 75.3 Å². The van der Waals surface area contributed by atoms with Crippen molar-refractivity contribution in [3.63, 3.8) is 0 Å². The lowest BCUT2D eigenvalue weighted by Crippen LogP contribution is -2.28. The van der Waals surface area contributed by atoms with Crippen molar-refractivity contribution in [1.29, 1.82) is 0 Å². The summed E-state index contributed by atoms with van der Waals surface area (Å²) in [5.74, 6) is 0.509. The van der Waals surface area contributed by atoms with Crippen molar-refractivity contribution in [1.82, 2.24) is 0 Å². The number of carbonyl (C=O) groups is 1. The van der Waals surface area contributed by atoms with Gasteiger partial charge in [0, 0.05) is 18.7 Å². The van der Waals surface area contributed by atoms with Gasteiger partial charge in [-0.05, 0) is 60.3 Å². The maximum atomic E-state index is 14.8. The van der Waals surface area contributed by atoms with E-state index >= 15 is 0 Å². The highest BCUT2D eigenvalue weighted by Crippen LogP contribution is 2.56. The highest BCUT2D eigenvalue weighted by atomic mass is 19.1. The number of carbonyl (C=O) groups excluding carboxylic acids is 1. The fraction of sp³-hybridized carbons (Fsp3) is 0.632. The van der Waals surface area contributed by atoms with Crippen LogP contribution >= 0.6 is 0 Å². The molecule has 3 heteroatoms. The predicted octanol–water partition coefficient (Wildman–Crippen LogP) is 4.66. The highest BCUT2D eigenvalue weighted by molar-refractivity contribution is 5.96. The fourth-order valence-electron chi connectivity index (χ4n) is 5.23. The van der Waals surface area contributed by atoms with Crippen LogP contribution in [0.3, 0.4) is 0 Å². The molecule has 2 nitrogen and oxygen atoms in total. The second kappa shape index (κ2) is 5.07. The average molecular weight is 301 g/mol. The van der Waals surface area contributed by atoms with Crippen LogP contribution in [0.15, 0.2) is 12.1 Å². The lowest BCUT2D eigenvalue weighted by atomic mass is 9.70. The molecule has 1 spiro atoms. The number of anilines is 1. The average Bonchev–Trinajstić information content (AvgIpc) is 3.04. The molecule has 0 bridgehead atoms. The molecule has 1 aliphatic heterocycles. The van der Waals surface area contributed by atoms with Crippen LogP contribution in [0.4, 0.5) is 10.1 Å². The Hall–Kier alpha value is -1.38. The summed E-state index contributed by atoms with van der Waals surface area (Å²) in [6, 6.07) is 3.45. The van der Waals surface area contributed by atoms with Gasteiger partial charge in [0.1, 0.15) is 5.82 Å². The summed E-state index contributed by atoms with van der Waals surface area (Å²) in [7, 11) is 0. The monoisotopic (exact) mass is 301 g/mol. The van der Waals surface area contributed by atoms with Crippen LogP contribution in [0.2, 0.25) is 0 Å². The van der Waals surface area contributed by atoms with E-state index in [1.54, 1.807) is 6.07 Å². The summed E-state index contributed by atoms with van der Waals surface area (Å²) < 4.78 is 14.8. The Morgan fingerprint density at radius 1 is 1.18 bits per heavy atom. The molecule has 2 fully saturated rings. The van der Waals surface area contributed by atoms with E-state index in [4.69, 9.17) is 0 Å². The lowest BCUT2D eigenvalue weighted by molar-refractivity contribution is -0.117. The Balaban J connectivity index is 1.86. The maximum Gasteiger partial charge on any atom is 0.227 e. The Morgan fingerprint density at radius 3 is 2.64 bits per heavy atom. The van der Waals surface area contributed by atoms with Crippen molar-refractivity contribution < 1.29 is 9.18 Å². The van der Waals surface area contributed by atoms with Crippen LogP contribution in [0.5, 0.6) is 0 Å². The van der Waals surface area contributed by atoms with Crippen molar-refractivity contribution in [2.24, 2.45) is 0 Å². The van der Waals surface area contributed by atoms with Gasteiger partial charge in [-0.2, -0.15) is 0 Å². The van der Waals surface area contributed by atoms with Crippen LogP contribution in [-0.2, 0) is 10.2 Å². The van der Waals surface area contributed by atoms with Crippen molar-refractivity contribution in [2.75, 3.05) is 11.4 Å². The molecule has 0 radical (unpaired) electrons. The molecule has 1 unspecified atom stereocenters. The Labute approximate surface area is 131 Å².